The summed E-state index contributed by atoms with van der Waals surface area (Å²) in [7, 11) is 1.60. The summed E-state index contributed by atoms with van der Waals surface area (Å²) in [4.78, 5) is 12.3. The Labute approximate surface area is 143 Å². The lowest BCUT2D eigenvalue weighted by molar-refractivity contribution is -0.129. The molecule has 6 nitrogen and oxygen atoms in total. The molecule has 0 aliphatic carbocycles. The summed E-state index contributed by atoms with van der Waals surface area (Å²) < 4.78 is 16.0. The number of ether oxygens (including phenoxy) is 3. The number of nitrogens with two attached hydrogens (primary N) is 1. The highest BCUT2D eigenvalue weighted by Crippen LogP contribution is 2.28. The number of rotatable bonds is 6. The van der Waals surface area contributed by atoms with Crippen molar-refractivity contribution in [2.24, 2.45) is 5.73 Å². The van der Waals surface area contributed by atoms with Crippen LogP contribution in [0.1, 0.15) is 25.3 Å². The van der Waals surface area contributed by atoms with Gasteiger partial charge in [0.1, 0.15) is 0 Å². The van der Waals surface area contributed by atoms with E-state index in [1.54, 1.807) is 7.11 Å². The first-order valence-corrected chi connectivity index (χ1v) is 7.53. The number of benzene rings is 1. The van der Waals surface area contributed by atoms with Gasteiger partial charge in [0.15, 0.2) is 11.5 Å². The van der Waals surface area contributed by atoms with Gasteiger partial charge >= 0.3 is 0 Å². The molecule has 1 amide bonds. The Balaban J connectivity index is 0.00000264. The molecule has 1 fully saturated rings. The van der Waals surface area contributed by atoms with E-state index in [2.05, 4.69) is 5.32 Å². The first kappa shape index (κ1) is 19.5. The van der Waals surface area contributed by atoms with Gasteiger partial charge in [-0.05, 0) is 37.5 Å². The van der Waals surface area contributed by atoms with Crippen molar-refractivity contribution in [1.82, 2.24) is 5.32 Å². The molecule has 23 heavy (non-hydrogen) atoms. The molecule has 0 radical (unpaired) electrons. The lowest BCUT2D eigenvalue weighted by Crippen LogP contribution is -2.56. The number of nitrogens with one attached hydrogen (secondary N) is 1. The van der Waals surface area contributed by atoms with E-state index < -0.39 is 5.54 Å². The van der Waals surface area contributed by atoms with E-state index in [1.807, 2.05) is 25.1 Å². The van der Waals surface area contributed by atoms with E-state index >= 15 is 0 Å². The number of hydrogen-bond acceptors (Lipinski definition) is 5. The quantitative estimate of drug-likeness (QED) is 0.819. The zero-order valence-electron chi connectivity index (χ0n) is 13.6. The Morgan fingerprint density at radius 2 is 2.04 bits per heavy atom. The molecular weight excluding hydrogens is 320 g/mol. The van der Waals surface area contributed by atoms with Crippen LogP contribution < -0.4 is 20.5 Å². The van der Waals surface area contributed by atoms with Crippen LogP contribution in [0.15, 0.2) is 18.2 Å². The number of carbonyl (C=O) groups is 1. The normalized spacial score (nSPS) is 16.1. The molecule has 0 unspecified atom stereocenters. The molecule has 130 valence electrons. The molecule has 1 aromatic carbocycles. The minimum absolute atomic E-state index is 0. The van der Waals surface area contributed by atoms with E-state index in [0.717, 1.165) is 5.56 Å². The molecular formula is C16H25ClN2O4. The Morgan fingerprint density at radius 3 is 2.65 bits per heavy atom. The van der Waals surface area contributed by atoms with Crippen LogP contribution >= 0.6 is 12.4 Å². The van der Waals surface area contributed by atoms with Crippen molar-refractivity contribution in [2.45, 2.75) is 31.8 Å². The molecule has 0 saturated carbocycles. The summed E-state index contributed by atoms with van der Waals surface area (Å²) in [6, 6.07) is 5.60. The van der Waals surface area contributed by atoms with Gasteiger partial charge in [-0.3, -0.25) is 4.79 Å². The number of hydrogen-bond donors (Lipinski definition) is 2. The SMILES string of the molecule is CCOc1cc(CNC(=O)C2(N)CCOCC2)ccc1OC.Cl. The van der Waals surface area contributed by atoms with E-state index in [-0.39, 0.29) is 18.3 Å². The molecule has 2 rings (SSSR count). The van der Waals surface area contributed by atoms with Gasteiger partial charge in [-0.2, -0.15) is 0 Å². The Kier molecular flexibility index (Phi) is 7.61. The lowest BCUT2D eigenvalue weighted by atomic mass is 9.90. The van der Waals surface area contributed by atoms with E-state index in [4.69, 9.17) is 19.9 Å². The van der Waals surface area contributed by atoms with E-state index in [0.29, 0.717) is 50.7 Å². The Hall–Kier alpha value is -1.50. The molecule has 0 bridgehead atoms. The molecule has 0 spiro atoms. The van der Waals surface area contributed by atoms with Gasteiger partial charge in [-0.1, -0.05) is 6.07 Å². The third kappa shape index (κ3) is 4.99. The van der Waals surface area contributed by atoms with Crippen LogP contribution in [0.25, 0.3) is 0 Å². The molecule has 0 atom stereocenters. The van der Waals surface area contributed by atoms with Gasteiger partial charge in [-0.25, -0.2) is 0 Å². The molecule has 1 heterocycles. The lowest BCUT2D eigenvalue weighted by Gasteiger charge is -2.31. The average Bonchev–Trinajstić information content (AvgIpc) is 2.54. The molecule has 1 aliphatic rings. The smallest absolute Gasteiger partial charge is 0.240 e. The Morgan fingerprint density at radius 1 is 1.35 bits per heavy atom. The Bertz CT molecular complexity index is 519. The zero-order valence-corrected chi connectivity index (χ0v) is 14.4. The van der Waals surface area contributed by atoms with Gasteiger partial charge in [0.05, 0.1) is 19.3 Å². The highest BCUT2D eigenvalue weighted by atomic mass is 35.5. The maximum Gasteiger partial charge on any atom is 0.240 e. The van der Waals surface area contributed by atoms with Crippen LogP contribution in [-0.4, -0.2) is 38.4 Å². The highest BCUT2D eigenvalue weighted by Gasteiger charge is 2.35. The first-order chi connectivity index (χ1) is 10.6. The predicted molar refractivity (Wildman–Crippen MR) is 90.2 cm³/mol. The predicted octanol–water partition coefficient (Wildman–Crippen LogP) is 1.64. The number of methoxy groups -OCH3 is 1. The number of amides is 1. The molecule has 1 aromatic rings. The summed E-state index contributed by atoms with van der Waals surface area (Å²) in [5.74, 6) is 1.21. The average molecular weight is 345 g/mol. The van der Waals surface area contributed by atoms with E-state index in [1.165, 1.54) is 0 Å². The van der Waals surface area contributed by atoms with Crippen LogP contribution in [0.3, 0.4) is 0 Å². The van der Waals surface area contributed by atoms with Gasteiger partial charge in [0, 0.05) is 19.8 Å². The number of halogens is 1. The third-order valence-corrected chi connectivity index (χ3v) is 3.82. The highest BCUT2D eigenvalue weighted by molar-refractivity contribution is 5.86. The minimum atomic E-state index is -0.826. The second kappa shape index (κ2) is 8.96. The molecule has 1 saturated heterocycles. The van der Waals surface area contributed by atoms with Crippen molar-refractivity contribution < 1.29 is 19.0 Å². The van der Waals surface area contributed by atoms with Gasteiger partial charge in [0.25, 0.3) is 0 Å². The van der Waals surface area contributed by atoms with Gasteiger partial charge in [0.2, 0.25) is 5.91 Å². The maximum absolute atomic E-state index is 12.3. The fraction of sp³-hybridized carbons (Fsp3) is 0.562. The number of carbonyl (C=O) groups excluding carboxylic acids is 1. The third-order valence-electron chi connectivity index (χ3n) is 3.82. The summed E-state index contributed by atoms with van der Waals surface area (Å²) in [6.07, 6.45) is 1.09. The van der Waals surface area contributed by atoms with E-state index in [9.17, 15) is 4.79 Å². The second-order valence-corrected chi connectivity index (χ2v) is 5.37. The largest absolute Gasteiger partial charge is 0.493 e. The van der Waals surface area contributed by atoms with Crippen molar-refractivity contribution in [3.63, 3.8) is 0 Å². The zero-order chi connectivity index (χ0) is 16.0. The molecule has 0 aromatic heterocycles. The van der Waals surface area contributed by atoms with Crippen molar-refractivity contribution in [3.05, 3.63) is 23.8 Å². The molecule has 1 aliphatic heterocycles. The summed E-state index contributed by atoms with van der Waals surface area (Å²) in [5.41, 5.74) is 6.27. The van der Waals surface area contributed by atoms with Gasteiger partial charge in [-0.15, -0.1) is 12.4 Å². The topological polar surface area (TPSA) is 82.8 Å². The van der Waals surface area contributed by atoms with Crippen molar-refractivity contribution in [2.75, 3.05) is 26.9 Å². The maximum atomic E-state index is 12.3. The fourth-order valence-electron chi connectivity index (χ4n) is 2.42. The van der Waals surface area contributed by atoms with Crippen LogP contribution in [0.5, 0.6) is 11.5 Å². The van der Waals surface area contributed by atoms with Crippen LogP contribution in [0.4, 0.5) is 0 Å². The van der Waals surface area contributed by atoms with Crippen molar-refractivity contribution >= 4 is 18.3 Å². The summed E-state index contributed by atoms with van der Waals surface area (Å²) in [5, 5.41) is 2.90. The summed E-state index contributed by atoms with van der Waals surface area (Å²) >= 11 is 0. The second-order valence-electron chi connectivity index (χ2n) is 5.37. The standard InChI is InChI=1S/C16H24N2O4.ClH/c1-3-22-14-10-12(4-5-13(14)20-2)11-18-15(19)16(17)6-8-21-9-7-16;/h4-5,10H,3,6-9,11,17H2,1-2H3,(H,18,19);1H. The molecule has 3 N–H and O–H groups in total. The monoisotopic (exact) mass is 344 g/mol. The summed E-state index contributed by atoms with van der Waals surface area (Å²) in [6.45, 7) is 3.93. The van der Waals surface area contributed by atoms with Crippen LogP contribution in [0, 0.1) is 0 Å². The molecule has 7 heteroatoms. The van der Waals surface area contributed by atoms with Crippen molar-refractivity contribution in [1.29, 1.82) is 0 Å². The minimum Gasteiger partial charge on any atom is -0.493 e. The fourth-order valence-corrected chi connectivity index (χ4v) is 2.42. The first-order valence-electron chi connectivity index (χ1n) is 7.53. The van der Waals surface area contributed by atoms with Gasteiger partial charge < -0.3 is 25.3 Å². The van der Waals surface area contributed by atoms with Crippen LogP contribution in [0.2, 0.25) is 0 Å². The van der Waals surface area contributed by atoms with Crippen molar-refractivity contribution in [3.8, 4) is 11.5 Å². The van der Waals surface area contributed by atoms with Crippen LogP contribution in [-0.2, 0) is 16.1 Å².